The third-order valence-electron chi connectivity index (χ3n) is 7.72. The van der Waals surface area contributed by atoms with Gasteiger partial charge in [0.2, 0.25) is 5.95 Å². The molecule has 0 bridgehead atoms. The maximum absolute atomic E-state index is 4.84. The number of para-hydroxylation sites is 2. The highest BCUT2D eigenvalue weighted by Crippen LogP contribution is 2.27. The van der Waals surface area contributed by atoms with Crippen LogP contribution < -0.4 is 15.5 Å². The zero-order valence-electron chi connectivity index (χ0n) is 22.3. The fraction of sp³-hybridized carbons (Fsp3) is 0.312. The second-order valence-corrected chi connectivity index (χ2v) is 10.6. The number of aromatic nitrogens is 3. The summed E-state index contributed by atoms with van der Waals surface area (Å²) in [6, 6.07) is 28.6. The van der Waals surface area contributed by atoms with E-state index in [1.807, 2.05) is 26.2 Å². The molecule has 2 heterocycles. The monoisotopic (exact) mass is 504 g/mol. The quantitative estimate of drug-likeness (QED) is 0.263. The van der Waals surface area contributed by atoms with Gasteiger partial charge in [-0.3, -0.25) is 0 Å². The molecule has 2 aromatic heterocycles. The average molecular weight is 505 g/mol. The van der Waals surface area contributed by atoms with E-state index in [2.05, 4.69) is 93.0 Å². The summed E-state index contributed by atoms with van der Waals surface area (Å²) in [5, 5.41) is 9.92. The zero-order chi connectivity index (χ0) is 25.9. The fourth-order valence-corrected chi connectivity index (χ4v) is 5.72. The summed E-state index contributed by atoms with van der Waals surface area (Å²) in [5.74, 6) is 1.69. The van der Waals surface area contributed by atoms with Crippen LogP contribution in [0.4, 0.5) is 11.8 Å². The first-order chi connectivity index (χ1) is 18.6. The molecule has 0 aliphatic heterocycles. The highest BCUT2D eigenvalue weighted by atomic mass is 15.2. The number of rotatable bonds is 8. The minimum absolute atomic E-state index is 0.400. The normalized spacial score (nSPS) is 17.6. The summed E-state index contributed by atoms with van der Waals surface area (Å²) in [6.45, 7) is 1.79. The van der Waals surface area contributed by atoms with E-state index in [0.717, 1.165) is 61.4 Å². The van der Waals surface area contributed by atoms with Crippen molar-refractivity contribution in [2.75, 3.05) is 24.3 Å². The first-order valence-electron chi connectivity index (χ1n) is 13.7. The van der Waals surface area contributed by atoms with Gasteiger partial charge < -0.3 is 20.1 Å². The Balaban J connectivity index is 1.08. The van der Waals surface area contributed by atoms with E-state index < -0.39 is 0 Å². The molecule has 1 fully saturated rings. The molecular formula is C32H36N6. The Hall–Kier alpha value is -3.90. The lowest BCUT2D eigenvalue weighted by Crippen LogP contribution is -2.37. The van der Waals surface area contributed by atoms with E-state index >= 15 is 0 Å². The van der Waals surface area contributed by atoms with Crippen molar-refractivity contribution < 1.29 is 0 Å². The largest absolute Gasteiger partial charge is 0.362 e. The Bertz CT molecular complexity index is 1520. The van der Waals surface area contributed by atoms with Crippen LogP contribution in [0.25, 0.3) is 21.8 Å². The lowest BCUT2D eigenvalue weighted by molar-refractivity contribution is 0.352. The van der Waals surface area contributed by atoms with Crippen LogP contribution in [0, 0.1) is 0 Å². The van der Waals surface area contributed by atoms with Crippen molar-refractivity contribution in [3.05, 3.63) is 96.2 Å². The highest BCUT2D eigenvalue weighted by molar-refractivity contribution is 5.90. The third kappa shape index (κ3) is 5.22. The lowest BCUT2D eigenvalue weighted by Gasteiger charge is -2.30. The Labute approximate surface area is 224 Å². The number of fused-ring (bicyclic) bond motifs is 2. The van der Waals surface area contributed by atoms with Gasteiger partial charge in [0.05, 0.1) is 5.52 Å². The number of hydrogen-bond donors (Lipinski definition) is 2. The van der Waals surface area contributed by atoms with Crippen molar-refractivity contribution in [2.24, 2.45) is 0 Å². The Morgan fingerprint density at radius 1 is 0.789 bits per heavy atom. The molecule has 2 N–H and O–H groups in total. The summed E-state index contributed by atoms with van der Waals surface area (Å²) < 4.78 is 2.38. The van der Waals surface area contributed by atoms with Gasteiger partial charge in [0.25, 0.3) is 0 Å². The molecule has 194 valence electrons. The topological polar surface area (TPSA) is 58.0 Å². The van der Waals surface area contributed by atoms with Gasteiger partial charge in [0.15, 0.2) is 0 Å². The Morgan fingerprint density at radius 2 is 1.47 bits per heavy atom. The summed E-state index contributed by atoms with van der Waals surface area (Å²) in [6.07, 6.45) is 6.85. The molecule has 1 saturated carbocycles. The number of hydrogen-bond acceptors (Lipinski definition) is 5. The Kier molecular flexibility index (Phi) is 6.97. The second kappa shape index (κ2) is 10.8. The van der Waals surface area contributed by atoms with Gasteiger partial charge in [0.1, 0.15) is 5.82 Å². The molecule has 38 heavy (non-hydrogen) atoms. The summed E-state index contributed by atoms with van der Waals surface area (Å²) in [4.78, 5) is 11.7. The predicted molar refractivity (Wildman–Crippen MR) is 158 cm³/mol. The maximum Gasteiger partial charge on any atom is 0.225 e. The zero-order valence-corrected chi connectivity index (χ0v) is 22.3. The van der Waals surface area contributed by atoms with Crippen LogP contribution in [-0.4, -0.2) is 40.7 Å². The molecular weight excluding hydrogens is 468 g/mol. The van der Waals surface area contributed by atoms with Gasteiger partial charge in [-0.2, -0.15) is 4.98 Å². The van der Waals surface area contributed by atoms with Gasteiger partial charge in [-0.05, 0) is 55.0 Å². The minimum atomic E-state index is 0.400. The highest BCUT2D eigenvalue weighted by Gasteiger charge is 2.22. The number of anilines is 2. The van der Waals surface area contributed by atoms with Crippen molar-refractivity contribution in [2.45, 2.75) is 50.9 Å². The molecule has 5 aromatic rings. The van der Waals surface area contributed by atoms with E-state index in [-0.39, 0.29) is 0 Å². The summed E-state index contributed by atoms with van der Waals surface area (Å²) in [5.41, 5.74) is 4.98. The van der Waals surface area contributed by atoms with E-state index in [9.17, 15) is 0 Å². The standard InChI is InChI=1S/C32H36N6/c1-37(2)31-28-13-6-8-14-29(28)35-32(36-31)34-26-18-16-25(17-19-26)33-20-24-22-38(21-23-10-4-3-5-11-23)30-15-9-7-12-27(24)30/h3-15,22,25-26,33H,16-21H2,1-2H3,(H,34,35,36). The van der Waals surface area contributed by atoms with E-state index in [0.29, 0.717) is 12.1 Å². The minimum Gasteiger partial charge on any atom is -0.362 e. The molecule has 1 aliphatic rings. The SMILES string of the molecule is CN(C)c1nc(NC2CCC(NCc3cn(Cc4ccccc4)c4ccccc34)CC2)nc2ccccc12. The van der Waals surface area contributed by atoms with E-state index in [1.54, 1.807) is 0 Å². The molecule has 0 spiro atoms. The lowest BCUT2D eigenvalue weighted by atomic mass is 9.91. The van der Waals surface area contributed by atoms with Gasteiger partial charge in [0, 0.05) is 61.8 Å². The molecule has 0 unspecified atom stereocenters. The van der Waals surface area contributed by atoms with Gasteiger partial charge >= 0.3 is 0 Å². The molecule has 6 rings (SSSR count). The number of benzene rings is 3. The molecule has 6 nitrogen and oxygen atoms in total. The van der Waals surface area contributed by atoms with Crippen LogP contribution in [-0.2, 0) is 13.1 Å². The van der Waals surface area contributed by atoms with Crippen LogP contribution in [0.15, 0.2) is 85.1 Å². The van der Waals surface area contributed by atoms with Crippen molar-refractivity contribution in [3.8, 4) is 0 Å². The molecule has 0 amide bonds. The Morgan fingerprint density at radius 3 is 2.26 bits per heavy atom. The molecule has 6 heteroatoms. The van der Waals surface area contributed by atoms with Crippen LogP contribution in [0.5, 0.6) is 0 Å². The first-order valence-corrected chi connectivity index (χ1v) is 13.7. The van der Waals surface area contributed by atoms with E-state index in [4.69, 9.17) is 9.97 Å². The molecule has 3 aromatic carbocycles. The predicted octanol–water partition coefficient (Wildman–Crippen LogP) is 6.21. The summed E-state index contributed by atoms with van der Waals surface area (Å²) in [7, 11) is 4.07. The van der Waals surface area contributed by atoms with Gasteiger partial charge in [-0.15, -0.1) is 0 Å². The van der Waals surface area contributed by atoms with Crippen LogP contribution in [0.2, 0.25) is 0 Å². The second-order valence-electron chi connectivity index (χ2n) is 10.6. The van der Waals surface area contributed by atoms with Crippen LogP contribution in [0.1, 0.15) is 36.8 Å². The first kappa shape index (κ1) is 24.4. The van der Waals surface area contributed by atoms with E-state index in [1.165, 1.54) is 22.0 Å². The summed E-state index contributed by atoms with van der Waals surface area (Å²) >= 11 is 0. The van der Waals surface area contributed by atoms with Gasteiger partial charge in [-0.1, -0.05) is 60.7 Å². The van der Waals surface area contributed by atoms with Crippen molar-refractivity contribution in [1.29, 1.82) is 0 Å². The fourth-order valence-electron chi connectivity index (χ4n) is 5.72. The third-order valence-corrected chi connectivity index (χ3v) is 7.72. The van der Waals surface area contributed by atoms with Crippen LogP contribution in [0.3, 0.4) is 0 Å². The maximum atomic E-state index is 4.84. The average Bonchev–Trinajstić information content (AvgIpc) is 3.30. The smallest absolute Gasteiger partial charge is 0.225 e. The number of nitrogens with zero attached hydrogens (tertiary/aromatic N) is 4. The molecule has 1 aliphatic carbocycles. The van der Waals surface area contributed by atoms with Crippen molar-refractivity contribution in [3.63, 3.8) is 0 Å². The molecule has 0 radical (unpaired) electrons. The molecule has 0 atom stereocenters. The van der Waals surface area contributed by atoms with Crippen LogP contribution >= 0.6 is 0 Å². The molecule has 0 saturated heterocycles. The van der Waals surface area contributed by atoms with Crippen molar-refractivity contribution in [1.82, 2.24) is 19.9 Å². The number of nitrogens with one attached hydrogen (secondary N) is 2. The van der Waals surface area contributed by atoms with Crippen molar-refractivity contribution >= 4 is 33.6 Å². The van der Waals surface area contributed by atoms with Gasteiger partial charge in [-0.25, -0.2) is 4.98 Å².